The van der Waals surface area contributed by atoms with Crippen molar-refractivity contribution in [3.63, 3.8) is 0 Å². The Labute approximate surface area is 264 Å². The summed E-state index contributed by atoms with van der Waals surface area (Å²) in [6.45, 7) is 3.70. The molecule has 2 heterocycles. The van der Waals surface area contributed by atoms with Crippen LogP contribution in [0.2, 0.25) is 5.02 Å². The minimum absolute atomic E-state index is 0.0218. The van der Waals surface area contributed by atoms with Crippen LogP contribution in [0.1, 0.15) is 77.2 Å². The Morgan fingerprint density at radius 2 is 1.64 bits per heavy atom. The van der Waals surface area contributed by atoms with Crippen LogP contribution < -0.4 is 10.9 Å². The first-order valence-corrected chi connectivity index (χ1v) is 16.2. The molecule has 0 radical (unpaired) electrons. The molecule has 1 unspecified atom stereocenters. The highest BCUT2D eigenvalue weighted by Gasteiger charge is 2.31. The molecule has 0 saturated heterocycles. The van der Waals surface area contributed by atoms with Gasteiger partial charge in [-0.25, -0.2) is 9.59 Å². The molecule has 8 nitrogen and oxygen atoms in total. The maximum absolute atomic E-state index is 13.9. The highest BCUT2D eigenvalue weighted by Crippen LogP contribution is 2.38. The first kappa shape index (κ1) is 31.5. The van der Waals surface area contributed by atoms with Crippen molar-refractivity contribution in [1.29, 1.82) is 0 Å². The summed E-state index contributed by atoms with van der Waals surface area (Å²) in [7, 11) is 1.51. The summed E-state index contributed by atoms with van der Waals surface area (Å²) in [5.41, 5.74) is 2.16. The van der Waals surface area contributed by atoms with Gasteiger partial charge < -0.3 is 19.4 Å². The first-order valence-electron chi connectivity index (χ1n) is 15.0. The number of aromatic nitrogens is 1. The fourth-order valence-electron chi connectivity index (χ4n) is 5.74. The molecule has 230 valence electrons. The lowest BCUT2D eigenvalue weighted by atomic mass is 9.96. The minimum Gasteiger partial charge on any atom is -0.462 e. The number of thiophene rings is 1. The van der Waals surface area contributed by atoms with Crippen molar-refractivity contribution in [1.82, 2.24) is 4.57 Å². The number of fused-ring (bicyclic) bond motifs is 2. The van der Waals surface area contributed by atoms with Gasteiger partial charge in [0.2, 0.25) is 0 Å². The average Bonchev–Trinajstić information content (AvgIpc) is 3.33. The summed E-state index contributed by atoms with van der Waals surface area (Å²) in [6, 6.07) is 14.0. The molecule has 0 aliphatic heterocycles. The number of carbonyl (C=O) groups excluding carboxylic acids is 3. The Morgan fingerprint density at radius 3 is 2.32 bits per heavy atom. The monoisotopic (exact) mass is 634 g/mol. The van der Waals surface area contributed by atoms with Crippen molar-refractivity contribution in [3.8, 4) is 11.1 Å². The van der Waals surface area contributed by atoms with Crippen LogP contribution in [0.15, 0.2) is 53.3 Å². The standard InChI is InChI=1S/C34H35ClN2O6S/c1-4-25(30(38)36-31-28(33(40)42-5-2)24-14-8-6-7-9-15-26(24)44-31)43-34(41)29-27(20-16-18-21(35)19-17-20)22-12-10-11-13-23(22)32(39)37(29)3/h10-13,16-19,25H,4-9,14-15H2,1-3H3,(H,36,38). The lowest BCUT2D eigenvalue weighted by Crippen LogP contribution is -2.34. The number of amides is 1. The van der Waals surface area contributed by atoms with Gasteiger partial charge in [0.1, 0.15) is 10.7 Å². The molecule has 0 saturated carbocycles. The molecule has 4 aromatic rings. The van der Waals surface area contributed by atoms with Crippen LogP contribution in [-0.4, -0.2) is 35.1 Å². The third kappa shape index (κ3) is 6.30. The number of halogens is 1. The third-order valence-corrected chi connectivity index (χ3v) is 9.39. The molecule has 1 N–H and O–H groups in total. The Bertz CT molecular complexity index is 1780. The Morgan fingerprint density at radius 1 is 0.955 bits per heavy atom. The number of esters is 2. The number of carbonyl (C=O) groups is 3. The predicted molar refractivity (Wildman–Crippen MR) is 174 cm³/mol. The first-order chi connectivity index (χ1) is 21.2. The van der Waals surface area contributed by atoms with Crippen molar-refractivity contribution in [2.24, 2.45) is 7.05 Å². The van der Waals surface area contributed by atoms with E-state index in [0.29, 0.717) is 37.5 Å². The number of pyridine rings is 1. The van der Waals surface area contributed by atoms with Crippen molar-refractivity contribution in [3.05, 3.63) is 85.6 Å². The minimum atomic E-state index is -1.18. The van der Waals surface area contributed by atoms with Gasteiger partial charge in [0, 0.05) is 27.9 Å². The van der Waals surface area contributed by atoms with Crippen LogP contribution in [0.5, 0.6) is 0 Å². The van der Waals surface area contributed by atoms with Gasteiger partial charge >= 0.3 is 11.9 Å². The molecular weight excluding hydrogens is 600 g/mol. The van der Waals surface area contributed by atoms with Gasteiger partial charge in [-0.3, -0.25) is 9.59 Å². The fourth-order valence-corrected chi connectivity index (χ4v) is 7.15. The van der Waals surface area contributed by atoms with E-state index in [4.69, 9.17) is 21.1 Å². The molecule has 0 spiro atoms. The highest BCUT2D eigenvalue weighted by molar-refractivity contribution is 7.17. The smallest absolute Gasteiger partial charge is 0.356 e. The van der Waals surface area contributed by atoms with Crippen molar-refractivity contribution < 1.29 is 23.9 Å². The molecular formula is C34H35ClN2O6S. The predicted octanol–water partition coefficient (Wildman–Crippen LogP) is 7.33. The molecule has 44 heavy (non-hydrogen) atoms. The van der Waals surface area contributed by atoms with Crippen molar-refractivity contribution >= 4 is 56.6 Å². The van der Waals surface area contributed by atoms with E-state index in [-0.39, 0.29) is 24.3 Å². The number of ether oxygens (including phenoxy) is 2. The molecule has 1 aliphatic rings. The van der Waals surface area contributed by atoms with Crippen LogP contribution in [0.25, 0.3) is 21.9 Å². The lowest BCUT2D eigenvalue weighted by molar-refractivity contribution is -0.124. The van der Waals surface area contributed by atoms with Gasteiger partial charge in [0.05, 0.1) is 12.2 Å². The van der Waals surface area contributed by atoms with E-state index in [1.807, 2.05) is 0 Å². The van der Waals surface area contributed by atoms with Crippen LogP contribution in [0.4, 0.5) is 5.00 Å². The van der Waals surface area contributed by atoms with E-state index in [2.05, 4.69) is 5.32 Å². The molecule has 2 aromatic heterocycles. The molecule has 0 fully saturated rings. The Balaban J connectivity index is 1.50. The Kier molecular flexibility index (Phi) is 9.86. The van der Waals surface area contributed by atoms with Crippen LogP contribution >= 0.6 is 22.9 Å². The van der Waals surface area contributed by atoms with Crippen LogP contribution in [-0.2, 0) is 34.2 Å². The normalized spacial score (nSPS) is 13.8. The number of hydrogen-bond acceptors (Lipinski definition) is 7. The quantitative estimate of drug-likeness (QED) is 0.204. The van der Waals surface area contributed by atoms with Crippen LogP contribution in [0.3, 0.4) is 0 Å². The number of rotatable bonds is 8. The van der Waals surface area contributed by atoms with E-state index in [1.165, 1.54) is 23.0 Å². The second kappa shape index (κ2) is 13.8. The van der Waals surface area contributed by atoms with Crippen molar-refractivity contribution in [2.75, 3.05) is 11.9 Å². The molecule has 10 heteroatoms. The van der Waals surface area contributed by atoms with E-state index < -0.39 is 23.9 Å². The van der Waals surface area contributed by atoms with E-state index in [9.17, 15) is 19.2 Å². The summed E-state index contributed by atoms with van der Waals surface area (Å²) in [4.78, 5) is 55.0. The number of benzene rings is 2. The number of nitrogens with zero attached hydrogens (tertiary/aromatic N) is 1. The number of nitrogens with one attached hydrogen (secondary N) is 1. The van der Waals surface area contributed by atoms with Gasteiger partial charge in [-0.05, 0) is 73.7 Å². The van der Waals surface area contributed by atoms with Gasteiger partial charge in [-0.2, -0.15) is 0 Å². The number of hydrogen-bond donors (Lipinski definition) is 1. The maximum Gasteiger partial charge on any atom is 0.356 e. The van der Waals surface area contributed by atoms with Crippen LogP contribution in [0, 0.1) is 0 Å². The van der Waals surface area contributed by atoms with Gasteiger partial charge in [0.15, 0.2) is 6.10 Å². The fraction of sp³-hybridized carbons (Fsp3) is 0.353. The second-order valence-electron chi connectivity index (χ2n) is 10.8. The zero-order valence-corrected chi connectivity index (χ0v) is 26.6. The van der Waals surface area contributed by atoms with Gasteiger partial charge in [-0.1, -0.05) is 61.7 Å². The van der Waals surface area contributed by atoms with E-state index in [0.717, 1.165) is 49.0 Å². The van der Waals surface area contributed by atoms with E-state index >= 15 is 0 Å². The molecule has 1 atom stereocenters. The summed E-state index contributed by atoms with van der Waals surface area (Å²) < 4.78 is 12.5. The Hall–Kier alpha value is -3.95. The molecule has 0 bridgehead atoms. The second-order valence-corrected chi connectivity index (χ2v) is 12.3. The van der Waals surface area contributed by atoms with Gasteiger partial charge in [-0.15, -0.1) is 11.3 Å². The number of anilines is 1. The zero-order chi connectivity index (χ0) is 31.4. The summed E-state index contributed by atoms with van der Waals surface area (Å²) in [5, 5.41) is 4.85. The zero-order valence-electron chi connectivity index (χ0n) is 25.0. The largest absolute Gasteiger partial charge is 0.462 e. The van der Waals surface area contributed by atoms with E-state index in [1.54, 1.807) is 62.4 Å². The lowest BCUT2D eigenvalue weighted by Gasteiger charge is -2.20. The van der Waals surface area contributed by atoms with Crippen molar-refractivity contribution in [2.45, 2.75) is 64.9 Å². The maximum atomic E-state index is 13.9. The topological polar surface area (TPSA) is 104 Å². The summed E-state index contributed by atoms with van der Waals surface area (Å²) >= 11 is 7.53. The summed E-state index contributed by atoms with van der Waals surface area (Å²) in [5.74, 6) is -1.84. The molecule has 2 aromatic carbocycles. The highest BCUT2D eigenvalue weighted by atomic mass is 35.5. The SMILES string of the molecule is CCOC(=O)c1c(NC(=O)C(CC)OC(=O)c2c(-c3ccc(Cl)cc3)c3ccccc3c(=O)n2C)sc2c1CCCCCC2. The molecule has 5 rings (SSSR count). The molecule has 1 aliphatic carbocycles. The average molecular weight is 635 g/mol. The van der Waals surface area contributed by atoms with Gasteiger partial charge in [0.25, 0.3) is 11.5 Å². The summed E-state index contributed by atoms with van der Waals surface area (Å²) in [6.07, 6.45) is 4.75. The number of aryl methyl sites for hydroxylation is 1. The third-order valence-electron chi connectivity index (χ3n) is 7.93. The molecule has 1 amide bonds.